The average Bonchev–Trinajstić information content (AvgIpc) is 2.67. The van der Waals surface area contributed by atoms with Gasteiger partial charge in [0.05, 0.1) is 12.3 Å². The lowest BCUT2D eigenvalue weighted by Gasteiger charge is -2.21. The summed E-state index contributed by atoms with van der Waals surface area (Å²) in [6.07, 6.45) is 1.70. The molecule has 0 bridgehead atoms. The summed E-state index contributed by atoms with van der Waals surface area (Å²) in [5.74, 6) is 1.01. The highest BCUT2D eigenvalue weighted by molar-refractivity contribution is 8.00. The van der Waals surface area contributed by atoms with Crippen molar-refractivity contribution in [1.82, 2.24) is 4.98 Å². The number of hydrogen-bond donors (Lipinski definition) is 0. The summed E-state index contributed by atoms with van der Waals surface area (Å²) in [6, 6.07) is 23.0. The molecule has 0 saturated carbocycles. The van der Waals surface area contributed by atoms with E-state index in [0.717, 1.165) is 10.5 Å². The molecule has 0 radical (unpaired) electrons. The molecular formula is C20H17ClN2OS. The standard InChI is InChI=1S/C20H17ClN2OS/c21-17-9-11-18(12-10-17)25-15-20(24)23(19-8-4-5-13-22-19)14-16-6-2-1-3-7-16/h1-13H,14-15H2. The third-order valence-electron chi connectivity index (χ3n) is 3.59. The first-order valence-electron chi connectivity index (χ1n) is 7.86. The van der Waals surface area contributed by atoms with Crippen LogP contribution < -0.4 is 4.90 Å². The minimum Gasteiger partial charge on any atom is -0.292 e. The second-order valence-electron chi connectivity index (χ2n) is 5.40. The van der Waals surface area contributed by atoms with Gasteiger partial charge in [-0.1, -0.05) is 48.0 Å². The predicted octanol–water partition coefficient (Wildman–Crippen LogP) is 5.06. The Hall–Kier alpha value is -2.30. The molecule has 0 saturated heterocycles. The molecule has 3 aromatic rings. The van der Waals surface area contributed by atoms with Gasteiger partial charge in [-0.15, -0.1) is 11.8 Å². The lowest BCUT2D eigenvalue weighted by atomic mass is 10.2. The van der Waals surface area contributed by atoms with E-state index >= 15 is 0 Å². The highest BCUT2D eigenvalue weighted by atomic mass is 35.5. The maximum absolute atomic E-state index is 12.8. The number of carbonyl (C=O) groups is 1. The Labute approximate surface area is 156 Å². The van der Waals surface area contributed by atoms with Crippen molar-refractivity contribution in [2.45, 2.75) is 11.4 Å². The van der Waals surface area contributed by atoms with Crippen LogP contribution >= 0.6 is 23.4 Å². The number of nitrogens with zero attached hydrogens (tertiary/aromatic N) is 2. The zero-order chi connectivity index (χ0) is 17.5. The van der Waals surface area contributed by atoms with Crippen molar-refractivity contribution in [2.24, 2.45) is 0 Å². The van der Waals surface area contributed by atoms with Crippen molar-refractivity contribution in [2.75, 3.05) is 10.7 Å². The maximum atomic E-state index is 12.8. The molecular weight excluding hydrogens is 352 g/mol. The zero-order valence-corrected chi connectivity index (χ0v) is 15.1. The van der Waals surface area contributed by atoms with Crippen LogP contribution in [0.25, 0.3) is 0 Å². The molecule has 1 heterocycles. The molecule has 25 heavy (non-hydrogen) atoms. The van der Waals surface area contributed by atoms with Gasteiger partial charge in [-0.2, -0.15) is 0 Å². The predicted molar refractivity (Wildman–Crippen MR) is 104 cm³/mol. The van der Waals surface area contributed by atoms with E-state index < -0.39 is 0 Å². The van der Waals surface area contributed by atoms with Crippen LogP contribution in [0, 0.1) is 0 Å². The lowest BCUT2D eigenvalue weighted by molar-refractivity contribution is -0.116. The molecule has 0 spiro atoms. The van der Waals surface area contributed by atoms with Crippen molar-refractivity contribution >= 4 is 35.1 Å². The van der Waals surface area contributed by atoms with E-state index in [0.29, 0.717) is 23.1 Å². The molecule has 126 valence electrons. The van der Waals surface area contributed by atoms with E-state index in [2.05, 4.69) is 4.98 Å². The molecule has 0 fully saturated rings. The summed E-state index contributed by atoms with van der Waals surface area (Å²) in [4.78, 5) is 19.9. The number of aromatic nitrogens is 1. The number of halogens is 1. The first kappa shape index (κ1) is 17.5. The summed E-state index contributed by atoms with van der Waals surface area (Å²) < 4.78 is 0. The number of amides is 1. The van der Waals surface area contributed by atoms with E-state index in [4.69, 9.17) is 11.6 Å². The van der Waals surface area contributed by atoms with Crippen molar-refractivity contribution in [3.05, 3.63) is 89.6 Å². The van der Waals surface area contributed by atoms with Crippen molar-refractivity contribution in [3.8, 4) is 0 Å². The number of rotatable bonds is 6. The fourth-order valence-corrected chi connectivity index (χ4v) is 3.23. The molecule has 0 atom stereocenters. The summed E-state index contributed by atoms with van der Waals surface area (Å²) >= 11 is 7.40. The summed E-state index contributed by atoms with van der Waals surface area (Å²) in [5, 5.41) is 0.690. The third kappa shape index (κ3) is 5.08. The first-order valence-corrected chi connectivity index (χ1v) is 9.22. The van der Waals surface area contributed by atoms with E-state index in [1.807, 2.05) is 72.8 Å². The Morgan fingerprint density at radius 2 is 1.68 bits per heavy atom. The Bertz CT molecular complexity index is 810. The van der Waals surface area contributed by atoms with Crippen molar-refractivity contribution in [1.29, 1.82) is 0 Å². The Kier molecular flexibility index (Phi) is 6.09. The van der Waals surface area contributed by atoms with Gasteiger partial charge in [-0.25, -0.2) is 4.98 Å². The fourth-order valence-electron chi connectivity index (χ4n) is 2.33. The number of anilines is 1. The minimum atomic E-state index is 0.0162. The normalized spacial score (nSPS) is 10.4. The van der Waals surface area contributed by atoms with Crippen molar-refractivity contribution < 1.29 is 4.79 Å². The second kappa shape index (κ2) is 8.70. The highest BCUT2D eigenvalue weighted by Gasteiger charge is 2.17. The summed E-state index contributed by atoms with van der Waals surface area (Å²) in [7, 11) is 0. The molecule has 3 rings (SSSR count). The largest absolute Gasteiger partial charge is 0.292 e. The molecule has 1 amide bonds. The van der Waals surface area contributed by atoms with E-state index in [-0.39, 0.29) is 5.91 Å². The highest BCUT2D eigenvalue weighted by Crippen LogP contribution is 2.22. The first-order chi connectivity index (χ1) is 12.2. The van der Waals surface area contributed by atoms with Gasteiger partial charge in [0.15, 0.2) is 0 Å². The molecule has 0 N–H and O–H groups in total. The van der Waals surface area contributed by atoms with Crippen LogP contribution in [0.5, 0.6) is 0 Å². The van der Waals surface area contributed by atoms with Gasteiger partial charge in [0, 0.05) is 16.1 Å². The molecule has 2 aromatic carbocycles. The molecule has 0 aliphatic heterocycles. The van der Waals surface area contributed by atoms with Crippen LogP contribution in [0.4, 0.5) is 5.82 Å². The number of carbonyl (C=O) groups excluding carboxylic acids is 1. The zero-order valence-electron chi connectivity index (χ0n) is 13.5. The Balaban J connectivity index is 1.74. The Morgan fingerprint density at radius 3 is 2.36 bits per heavy atom. The molecule has 0 aliphatic carbocycles. The molecule has 0 unspecified atom stereocenters. The van der Waals surface area contributed by atoms with Crippen molar-refractivity contribution in [3.63, 3.8) is 0 Å². The topological polar surface area (TPSA) is 33.2 Å². The third-order valence-corrected chi connectivity index (χ3v) is 4.84. The summed E-state index contributed by atoms with van der Waals surface area (Å²) in [6.45, 7) is 0.498. The summed E-state index contributed by atoms with van der Waals surface area (Å²) in [5.41, 5.74) is 1.07. The SMILES string of the molecule is O=C(CSc1ccc(Cl)cc1)N(Cc1ccccc1)c1ccccn1. The molecule has 0 aliphatic rings. The van der Waals surface area contributed by atoms with Gasteiger partial charge in [0.1, 0.15) is 5.82 Å². The molecule has 1 aromatic heterocycles. The van der Waals surface area contributed by atoms with E-state index in [9.17, 15) is 4.79 Å². The van der Waals surface area contributed by atoms with E-state index in [1.165, 1.54) is 11.8 Å². The van der Waals surface area contributed by atoms with Crippen LogP contribution in [-0.2, 0) is 11.3 Å². The Morgan fingerprint density at radius 1 is 0.960 bits per heavy atom. The smallest absolute Gasteiger partial charge is 0.238 e. The van der Waals surface area contributed by atoms with Crippen LogP contribution in [0.1, 0.15) is 5.56 Å². The van der Waals surface area contributed by atoms with Crippen LogP contribution in [0.15, 0.2) is 83.9 Å². The van der Waals surface area contributed by atoms with Gasteiger partial charge < -0.3 is 0 Å². The van der Waals surface area contributed by atoms with Crippen LogP contribution in [0.3, 0.4) is 0 Å². The van der Waals surface area contributed by atoms with Gasteiger partial charge in [-0.3, -0.25) is 9.69 Å². The fraction of sp³-hybridized carbons (Fsp3) is 0.100. The number of thioether (sulfide) groups is 1. The monoisotopic (exact) mass is 368 g/mol. The second-order valence-corrected chi connectivity index (χ2v) is 6.88. The van der Waals surface area contributed by atoms with Gasteiger partial charge in [0.2, 0.25) is 5.91 Å². The van der Waals surface area contributed by atoms with Gasteiger partial charge in [-0.05, 0) is 42.0 Å². The average molecular weight is 369 g/mol. The molecule has 3 nitrogen and oxygen atoms in total. The van der Waals surface area contributed by atoms with Gasteiger partial charge in [0.25, 0.3) is 0 Å². The minimum absolute atomic E-state index is 0.0162. The lowest BCUT2D eigenvalue weighted by Crippen LogP contribution is -2.32. The quantitative estimate of drug-likeness (QED) is 0.570. The van der Waals surface area contributed by atoms with Crippen LogP contribution in [-0.4, -0.2) is 16.6 Å². The molecule has 5 heteroatoms. The van der Waals surface area contributed by atoms with E-state index in [1.54, 1.807) is 11.1 Å². The number of hydrogen-bond acceptors (Lipinski definition) is 3. The van der Waals surface area contributed by atoms with Gasteiger partial charge >= 0.3 is 0 Å². The number of benzene rings is 2. The number of pyridine rings is 1. The van der Waals surface area contributed by atoms with Crippen LogP contribution in [0.2, 0.25) is 5.02 Å². The maximum Gasteiger partial charge on any atom is 0.238 e.